The summed E-state index contributed by atoms with van der Waals surface area (Å²) in [5.41, 5.74) is 4.32. The summed E-state index contributed by atoms with van der Waals surface area (Å²) >= 11 is 0. The van der Waals surface area contributed by atoms with Crippen molar-refractivity contribution in [1.29, 1.82) is 0 Å². The summed E-state index contributed by atoms with van der Waals surface area (Å²) in [4.78, 5) is 31.3. The molecule has 4 heterocycles. The lowest BCUT2D eigenvalue weighted by Gasteiger charge is -2.22. The number of nitrogens with zero attached hydrogens (tertiary/aromatic N) is 4. The fraction of sp³-hybridized carbons (Fsp3) is 0.167. The number of hydrogen-bond donors (Lipinski definition) is 2. The van der Waals surface area contributed by atoms with Gasteiger partial charge in [-0.2, -0.15) is 0 Å². The van der Waals surface area contributed by atoms with E-state index in [1.165, 1.54) is 5.69 Å². The number of nitrogens with one attached hydrogen (secondary N) is 2. The van der Waals surface area contributed by atoms with Crippen LogP contribution in [0.4, 0.5) is 11.4 Å². The Balaban J connectivity index is 1.41. The number of aromatic amines is 1. The molecule has 7 nitrogen and oxygen atoms in total. The molecule has 0 saturated heterocycles. The van der Waals surface area contributed by atoms with Crippen molar-refractivity contribution >= 4 is 28.4 Å². The maximum absolute atomic E-state index is 12.8. The fourth-order valence-electron chi connectivity index (χ4n) is 3.63. The van der Waals surface area contributed by atoms with Crippen LogP contribution in [-0.4, -0.2) is 38.9 Å². The quantitative estimate of drug-likeness (QED) is 0.501. The highest BCUT2D eigenvalue weighted by molar-refractivity contribution is 6.11. The molecular formula is C24H20N6O. The minimum Gasteiger partial charge on any atom is -0.370 e. The lowest BCUT2D eigenvalue weighted by molar-refractivity contribution is 0.102. The molecule has 1 amide bonds. The molecule has 1 aliphatic heterocycles. The molecule has 4 aromatic rings. The minimum atomic E-state index is -0.241. The molecule has 0 radical (unpaired) electrons. The van der Waals surface area contributed by atoms with E-state index in [1.807, 2.05) is 12.1 Å². The highest BCUT2D eigenvalue weighted by atomic mass is 16.1. The summed E-state index contributed by atoms with van der Waals surface area (Å²) in [6.07, 6.45) is 6.64. The summed E-state index contributed by atoms with van der Waals surface area (Å²) in [5, 5.41) is 2.86. The van der Waals surface area contributed by atoms with Gasteiger partial charge in [0.15, 0.2) is 5.65 Å². The van der Waals surface area contributed by atoms with Crippen molar-refractivity contribution in [1.82, 2.24) is 19.9 Å². The molecule has 0 unspecified atom stereocenters. The number of anilines is 2. The molecule has 5 rings (SSSR count). The van der Waals surface area contributed by atoms with Gasteiger partial charge in [-0.1, -0.05) is 0 Å². The van der Waals surface area contributed by atoms with E-state index < -0.39 is 0 Å². The Morgan fingerprint density at radius 2 is 1.84 bits per heavy atom. The lowest BCUT2D eigenvalue weighted by Crippen LogP contribution is -2.24. The molecule has 0 saturated carbocycles. The van der Waals surface area contributed by atoms with Gasteiger partial charge in [0.1, 0.15) is 5.82 Å². The summed E-state index contributed by atoms with van der Waals surface area (Å²) < 4.78 is 0. The second kappa shape index (κ2) is 8.28. The van der Waals surface area contributed by atoms with E-state index in [9.17, 15) is 4.79 Å². The van der Waals surface area contributed by atoms with Gasteiger partial charge in [-0.05, 0) is 42.5 Å². The Kier molecular flexibility index (Phi) is 5.03. The predicted molar refractivity (Wildman–Crippen MR) is 121 cm³/mol. The summed E-state index contributed by atoms with van der Waals surface area (Å²) in [7, 11) is 0. The van der Waals surface area contributed by atoms with Crippen LogP contribution in [-0.2, 0) is 0 Å². The van der Waals surface area contributed by atoms with Crippen LogP contribution < -0.4 is 10.2 Å². The molecule has 3 aromatic heterocycles. The van der Waals surface area contributed by atoms with Crippen LogP contribution in [0.25, 0.3) is 22.6 Å². The van der Waals surface area contributed by atoms with Gasteiger partial charge in [0, 0.05) is 49.6 Å². The Morgan fingerprint density at radius 1 is 1.03 bits per heavy atom. The van der Waals surface area contributed by atoms with Gasteiger partial charge >= 0.3 is 0 Å². The SMILES string of the molecule is O=C(Nc1cccnc1)c1ccnc2nc(-c3ccc(N4CCC#CCC4)cc3)[nH]c12. The first-order chi connectivity index (χ1) is 15.3. The van der Waals surface area contributed by atoms with Gasteiger partial charge in [-0.25, -0.2) is 9.97 Å². The molecule has 152 valence electrons. The van der Waals surface area contributed by atoms with Crippen molar-refractivity contribution in [2.45, 2.75) is 12.8 Å². The van der Waals surface area contributed by atoms with E-state index in [-0.39, 0.29) is 5.91 Å². The van der Waals surface area contributed by atoms with E-state index in [0.717, 1.165) is 31.5 Å². The number of amides is 1. The van der Waals surface area contributed by atoms with Gasteiger partial charge in [0.2, 0.25) is 0 Å². The van der Waals surface area contributed by atoms with Crippen molar-refractivity contribution in [3.63, 3.8) is 0 Å². The van der Waals surface area contributed by atoms with Gasteiger partial charge in [-0.15, -0.1) is 11.8 Å². The average molecular weight is 408 g/mol. The van der Waals surface area contributed by atoms with Crippen molar-refractivity contribution in [2.24, 2.45) is 0 Å². The molecule has 7 heteroatoms. The number of aromatic nitrogens is 4. The van der Waals surface area contributed by atoms with Crippen molar-refractivity contribution in [3.05, 3.63) is 66.6 Å². The zero-order valence-corrected chi connectivity index (χ0v) is 16.8. The van der Waals surface area contributed by atoms with Gasteiger partial charge < -0.3 is 15.2 Å². The number of imidazole rings is 1. The number of fused-ring (bicyclic) bond motifs is 1. The van der Waals surface area contributed by atoms with Crippen molar-refractivity contribution in [3.8, 4) is 23.2 Å². The van der Waals surface area contributed by atoms with Crippen LogP contribution in [0.3, 0.4) is 0 Å². The highest BCUT2D eigenvalue weighted by Gasteiger charge is 2.16. The Bertz CT molecular complexity index is 1270. The van der Waals surface area contributed by atoms with E-state index in [2.05, 4.69) is 54.1 Å². The number of rotatable bonds is 4. The highest BCUT2D eigenvalue weighted by Crippen LogP contribution is 2.25. The molecule has 0 atom stereocenters. The molecular weight excluding hydrogens is 388 g/mol. The molecule has 31 heavy (non-hydrogen) atoms. The minimum absolute atomic E-state index is 0.241. The molecule has 0 spiro atoms. The number of carbonyl (C=O) groups is 1. The van der Waals surface area contributed by atoms with Crippen molar-refractivity contribution < 1.29 is 4.79 Å². The molecule has 1 aromatic carbocycles. The number of hydrogen-bond acceptors (Lipinski definition) is 5. The fourth-order valence-corrected chi connectivity index (χ4v) is 3.63. The summed E-state index contributed by atoms with van der Waals surface area (Å²) in [6.45, 7) is 1.88. The predicted octanol–water partition coefficient (Wildman–Crippen LogP) is 3.88. The van der Waals surface area contributed by atoms with E-state index in [4.69, 9.17) is 0 Å². The van der Waals surface area contributed by atoms with Crippen molar-refractivity contribution in [2.75, 3.05) is 23.3 Å². The third-order valence-corrected chi connectivity index (χ3v) is 5.20. The molecule has 0 fully saturated rings. The maximum atomic E-state index is 12.8. The van der Waals surface area contributed by atoms with Gasteiger partial charge in [0.05, 0.1) is 23.0 Å². The summed E-state index contributed by atoms with van der Waals surface area (Å²) in [5.74, 6) is 6.79. The molecule has 1 aliphatic rings. The Hall–Kier alpha value is -4.18. The Morgan fingerprint density at radius 3 is 2.58 bits per heavy atom. The van der Waals surface area contributed by atoms with Crippen LogP contribution in [0.1, 0.15) is 23.2 Å². The van der Waals surface area contributed by atoms with Crippen LogP contribution in [0, 0.1) is 11.8 Å². The zero-order chi connectivity index (χ0) is 21.0. The third kappa shape index (κ3) is 3.96. The van der Waals surface area contributed by atoms with Crippen LogP contribution in [0.15, 0.2) is 61.1 Å². The van der Waals surface area contributed by atoms with Gasteiger partial charge in [0.25, 0.3) is 5.91 Å². The maximum Gasteiger partial charge on any atom is 0.258 e. The first-order valence-corrected chi connectivity index (χ1v) is 10.2. The topological polar surface area (TPSA) is 86.8 Å². The normalized spacial score (nSPS) is 13.4. The van der Waals surface area contributed by atoms with E-state index in [1.54, 1.807) is 36.8 Å². The van der Waals surface area contributed by atoms with Gasteiger partial charge in [-0.3, -0.25) is 9.78 Å². The lowest BCUT2D eigenvalue weighted by atomic mass is 10.2. The third-order valence-electron chi connectivity index (χ3n) is 5.20. The smallest absolute Gasteiger partial charge is 0.258 e. The van der Waals surface area contributed by atoms with Crippen LogP contribution in [0.5, 0.6) is 0 Å². The number of benzene rings is 1. The monoisotopic (exact) mass is 408 g/mol. The number of carbonyl (C=O) groups excluding carboxylic acids is 1. The molecule has 0 aliphatic carbocycles. The Labute approximate surface area is 179 Å². The van der Waals surface area contributed by atoms with E-state index >= 15 is 0 Å². The number of H-pyrrole nitrogens is 1. The number of pyridine rings is 2. The summed E-state index contributed by atoms with van der Waals surface area (Å²) in [6, 6.07) is 13.5. The second-order valence-corrected chi connectivity index (χ2v) is 7.23. The standard InChI is InChI=1S/C24H20N6O/c31-24(27-18-6-5-12-25-16-18)20-11-13-26-23-21(20)28-22(29-23)17-7-9-19(10-8-17)30-14-3-1-2-4-15-30/h5-13,16H,3-4,14-15H2,(H,27,31)(H,26,28,29). The van der Waals surface area contributed by atoms with Crippen LogP contribution >= 0.6 is 0 Å². The second-order valence-electron chi connectivity index (χ2n) is 7.23. The first-order valence-electron chi connectivity index (χ1n) is 10.2. The van der Waals surface area contributed by atoms with E-state index in [0.29, 0.717) is 28.2 Å². The average Bonchev–Trinajstić information content (AvgIpc) is 3.06. The molecule has 2 N–H and O–H groups in total. The zero-order valence-electron chi connectivity index (χ0n) is 16.8. The largest absolute Gasteiger partial charge is 0.370 e. The first kappa shape index (κ1) is 18.8. The molecule has 0 bridgehead atoms. The van der Waals surface area contributed by atoms with Crippen LogP contribution in [0.2, 0.25) is 0 Å².